The summed E-state index contributed by atoms with van der Waals surface area (Å²) in [5.41, 5.74) is -0.704. The van der Waals surface area contributed by atoms with Crippen LogP contribution in [-0.4, -0.2) is 11.7 Å². The Balaban J connectivity index is 6.14. The molecule has 0 amide bonds. The summed E-state index contributed by atoms with van der Waals surface area (Å²) in [5, 5.41) is 8.83. The molecule has 0 bridgehead atoms. The second-order valence-corrected chi connectivity index (χ2v) is 3.39. The van der Waals surface area contributed by atoms with Crippen LogP contribution >= 0.6 is 0 Å². The summed E-state index contributed by atoms with van der Waals surface area (Å²) >= 11 is 0. The van der Waals surface area contributed by atoms with E-state index in [1.807, 2.05) is 0 Å². The van der Waals surface area contributed by atoms with E-state index in [0.717, 1.165) is 18.6 Å². The zero-order chi connectivity index (χ0) is 21.8. The molecule has 1 N–H and O–H groups in total. The Bertz CT molecular complexity index is 606. The maximum absolute atomic E-state index is 8.83. The van der Waals surface area contributed by atoms with Crippen molar-refractivity contribution < 1.29 is 20.2 Å². The van der Waals surface area contributed by atoms with E-state index in [2.05, 4.69) is 0 Å². The van der Waals surface area contributed by atoms with Gasteiger partial charge in [-0.15, -0.1) is 0 Å². The molecule has 0 aliphatic rings. The highest BCUT2D eigenvalue weighted by atomic mass is 16.2. The number of aliphatic hydroxyl groups is 1. The van der Waals surface area contributed by atoms with Crippen molar-refractivity contribution in [2.75, 3.05) is 6.61 Å². The molecule has 0 aromatic heterocycles. The summed E-state index contributed by atoms with van der Waals surface area (Å²) in [6, 6.07) is -1.10. The molecule has 1 nitrogen and oxygen atoms in total. The molecule has 0 atom stereocenters. The van der Waals surface area contributed by atoms with Gasteiger partial charge in [-0.2, -0.15) is 0 Å². The number of hydrogen-bond acceptors (Lipinski definition) is 1. The highest BCUT2D eigenvalue weighted by Gasteiger charge is 1.91. The van der Waals surface area contributed by atoms with E-state index in [9.17, 15) is 0 Å². The highest BCUT2D eigenvalue weighted by molar-refractivity contribution is 5.05. The average molecular weight is 233 g/mol. The monoisotopic (exact) mass is 233 g/mol. The second kappa shape index (κ2) is 9.41. The molecule has 0 saturated carbocycles. The molecular formula is C15H26O. The Hall–Kier alpha value is -0.820. The molecule has 1 heteroatoms. The summed E-state index contributed by atoms with van der Waals surface area (Å²) in [7, 11) is 0. The molecule has 0 rings (SSSR count). The zero-order valence-electron chi connectivity index (χ0n) is 20.7. The van der Waals surface area contributed by atoms with Gasteiger partial charge in [0.05, 0.1) is 7.98 Å². The van der Waals surface area contributed by atoms with Crippen molar-refractivity contribution >= 4 is 0 Å². The van der Waals surface area contributed by atoms with Gasteiger partial charge in [0, 0.05) is 13.7 Å². The number of aliphatic hydroxyl groups excluding tert-OH is 1. The first-order valence-electron chi connectivity index (χ1n) is 10.6. The predicted octanol–water partition coefficient (Wildman–Crippen LogP) is 4.40. The minimum Gasteiger partial charge on any atom is -0.392 e. The smallest absolute Gasteiger partial charge is 0.0614 e. The highest BCUT2D eigenvalue weighted by Crippen LogP contribution is 2.10. The van der Waals surface area contributed by atoms with Gasteiger partial charge in [-0.3, -0.25) is 0 Å². The number of allylic oxidation sites excluding steroid dienone is 5. The molecule has 16 heavy (non-hydrogen) atoms. The molecule has 0 fully saturated rings. The fourth-order valence-corrected chi connectivity index (χ4v) is 0.945. The van der Waals surface area contributed by atoms with Crippen molar-refractivity contribution in [2.24, 2.45) is 0 Å². The molecular weight excluding hydrogens is 196 g/mol. The Labute approximate surface area is 116 Å². The van der Waals surface area contributed by atoms with Crippen molar-refractivity contribution in [1.82, 2.24) is 0 Å². The fraction of sp³-hybridized carbons (Fsp3) is 0.600. The van der Waals surface area contributed by atoms with E-state index in [4.69, 9.17) is 20.2 Å². The van der Waals surface area contributed by atoms with Crippen molar-refractivity contribution in [3.05, 3.63) is 34.9 Å². The van der Waals surface area contributed by atoms with Crippen molar-refractivity contribution in [3.63, 3.8) is 0 Å². The average Bonchev–Trinajstić information content (AvgIpc) is 2.47. The lowest BCUT2D eigenvalue weighted by Gasteiger charge is -2.00. The Morgan fingerprint density at radius 1 is 1.31 bits per heavy atom. The molecule has 0 aliphatic carbocycles. The minimum absolute atomic E-state index is 0.0843. The first kappa shape index (κ1) is 4.81. The van der Waals surface area contributed by atoms with Gasteiger partial charge >= 0.3 is 0 Å². The Morgan fingerprint density at radius 2 is 2.12 bits per heavy atom. The van der Waals surface area contributed by atoms with Gasteiger partial charge in [0.2, 0.25) is 0 Å². The molecule has 0 aliphatic heterocycles. The molecule has 0 heterocycles. The van der Waals surface area contributed by atoms with Gasteiger partial charge in [-0.05, 0) is 53.1 Å². The van der Waals surface area contributed by atoms with E-state index in [0.29, 0.717) is 6.42 Å². The Morgan fingerprint density at radius 3 is 2.75 bits per heavy atom. The van der Waals surface area contributed by atoms with Crippen LogP contribution in [0.4, 0.5) is 0 Å². The molecule has 0 aromatic rings. The third-order valence-electron chi connectivity index (χ3n) is 1.77. The second-order valence-electron chi connectivity index (χ2n) is 3.39. The molecule has 0 unspecified atom stereocenters. The van der Waals surface area contributed by atoms with Crippen molar-refractivity contribution in [1.29, 1.82) is 0 Å². The van der Waals surface area contributed by atoms with E-state index in [1.165, 1.54) is 6.08 Å². The van der Waals surface area contributed by atoms with Gasteiger partial charge in [0.25, 0.3) is 0 Å². The summed E-state index contributed by atoms with van der Waals surface area (Å²) in [6.45, 7) is -3.25. The third kappa shape index (κ3) is 9.72. The molecule has 0 saturated heterocycles. The summed E-state index contributed by atoms with van der Waals surface area (Å²) < 4.78 is 84.7. The lowest BCUT2D eigenvalue weighted by molar-refractivity contribution is 0.341. The SMILES string of the molecule is [2H]/C(=C(\C)C([2H])([2H])[2H])C([2H])([2H])C([2H])([2H])/C(=C/CC/C(C)=C/CO)C([2H])([2H])[2H]. The van der Waals surface area contributed by atoms with Gasteiger partial charge in [0.15, 0.2) is 0 Å². The van der Waals surface area contributed by atoms with Crippen LogP contribution in [0.25, 0.3) is 0 Å². The van der Waals surface area contributed by atoms with Crippen molar-refractivity contribution in [2.45, 2.75) is 53.1 Å². The minimum atomic E-state index is -3.16. The number of hydrogen-bond donors (Lipinski definition) is 1. The van der Waals surface area contributed by atoms with Crippen LogP contribution in [0.15, 0.2) is 34.9 Å². The fourth-order valence-electron chi connectivity index (χ4n) is 0.945. The topological polar surface area (TPSA) is 20.2 Å². The summed E-state index contributed by atoms with van der Waals surface area (Å²) in [4.78, 5) is 0. The quantitative estimate of drug-likeness (QED) is 0.646. The van der Waals surface area contributed by atoms with E-state index in [-0.39, 0.29) is 13.0 Å². The first-order chi connectivity index (χ1) is 11.9. The normalized spacial score (nSPS) is 28.6. The largest absolute Gasteiger partial charge is 0.392 e. The van der Waals surface area contributed by atoms with Gasteiger partial charge in [-0.25, -0.2) is 0 Å². The summed E-state index contributed by atoms with van der Waals surface area (Å²) in [5.74, 6) is 0. The van der Waals surface area contributed by atoms with Crippen LogP contribution in [0.1, 0.15) is 68.2 Å². The van der Waals surface area contributed by atoms with Crippen LogP contribution in [-0.2, 0) is 0 Å². The van der Waals surface area contributed by atoms with Crippen LogP contribution in [0, 0.1) is 0 Å². The lowest BCUT2D eigenvalue weighted by Crippen LogP contribution is -1.82. The van der Waals surface area contributed by atoms with Gasteiger partial charge in [-0.1, -0.05) is 34.9 Å². The molecule has 0 aromatic carbocycles. The third-order valence-corrected chi connectivity index (χ3v) is 1.77. The maximum atomic E-state index is 8.83. The molecule has 0 radical (unpaired) electrons. The standard InChI is InChI=1S/C15H26O/c1-13(2)7-5-8-14(3)9-6-10-15(4)11-12-16/h7,9,11,16H,5-6,8,10,12H2,1-4H3/b14-9+,15-11+/i1D3,3D3,5D2,7D,8D2/b13-7+,14-9+,15-11+. The van der Waals surface area contributed by atoms with Crippen molar-refractivity contribution in [3.8, 4) is 0 Å². The Kier molecular flexibility index (Phi) is 2.83. The van der Waals surface area contributed by atoms with Crippen LogP contribution in [0.5, 0.6) is 0 Å². The van der Waals surface area contributed by atoms with E-state index >= 15 is 0 Å². The number of rotatable bonds is 7. The van der Waals surface area contributed by atoms with Crippen LogP contribution < -0.4 is 0 Å². The van der Waals surface area contributed by atoms with Gasteiger partial charge in [0.1, 0.15) is 0 Å². The predicted molar refractivity (Wildman–Crippen MR) is 72.5 cm³/mol. The van der Waals surface area contributed by atoms with Crippen LogP contribution in [0.2, 0.25) is 0 Å². The lowest BCUT2D eigenvalue weighted by atomic mass is 10.1. The van der Waals surface area contributed by atoms with Gasteiger partial charge < -0.3 is 5.11 Å². The van der Waals surface area contributed by atoms with E-state index in [1.54, 1.807) is 6.92 Å². The maximum Gasteiger partial charge on any atom is 0.0614 e. The molecule has 92 valence electrons. The van der Waals surface area contributed by atoms with Crippen LogP contribution in [0.3, 0.4) is 0 Å². The molecule has 0 spiro atoms. The first-order valence-corrected chi connectivity index (χ1v) is 5.06. The van der Waals surface area contributed by atoms with E-state index < -0.39 is 43.6 Å². The summed E-state index contributed by atoms with van der Waals surface area (Å²) in [6.07, 6.45) is -3.30. The zero-order valence-corrected chi connectivity index (χ0v) is 9.72.